The number of nitrogens with one attached hydrogen (secondary N) is 1. The number of amides is 1. The number of carbonyl (C=O) groups excluding carboxylic acids is 1. The molecule has 1 heterocycles. The van der Waals surface area contributed by atoms with Crippen molar-refractivity contribution in [2.45, 2.75) is 31.3 Å². The van der Waals surface area contributed by atoms with Gasteiger partial charge in [-0.3, -0.25) is 9.36 Å². The third-order valence-corrected chi connectivity index (χ3v) is 6.17. The van der Waals surface area contributed by atoms with Crippen molar-refractivity contribution in [3.63, 3.8) is 0 Å². The Balaban J connectivity index is 1.52. The van der Waals surface area contributed by atoms with Crippen molar-refractivity contribution in [3.05, 3.63) is 78.4 Å². The van der Waals surface area contributed by atoms with Gasteiger partial charge in [-0.05, 0) is 59.5 Å². The first-order valence-electron chi connectivity index (χ1n) is 10.5. The molecule has 32 heavy (non-hydrogen) atoms. The summed E-state index contributed by atoms with van der Waals surface area (Å²) in [7, 11) is 1.65. The summed E-state index contributed by atoms with van der Waals surface area (Å²) in [6.07, 6.45) is 0. The van der Waals surface area contributed by atoms with Gasteiger partial charge >= 0.3 is 0 Å². The number of anilines is 1. The van der Waals surface area contributed by atoms with E-state index >= 15 is 0 Å². The molecular weight excluding hydrogens is 418 g/mol. The number of hydrogen-bond acceptors (Lipinski definition) is 4. The van der Waals surface area contributed by atoms with Gasteiger partial charge in [0, 0.05) is 11.4 Å². The Labute approximate surface area is 192 Å². The molecule has 1 N–H and O–H groups in total. The Hall–Kier alpha value is -3.25. The summed E-state index contributed by atoms with van der Waals surface area (Å²) in [5.41, 5.74) is 4.98. The summed E-state index contributed by atoms with van der Waals surface area (Å²) in [6, 6.07) is 23.8. The lowest BCUT2D eigenvalue weighted by molar-refractivity contribution is -0.113. The molecule has 0 bridgehead atoms. The highest BCUT2D eigenvalue weighted by Gasteiger charge is 2.16. The van der Waals surface area contributed by atoms with Crippen molar-refractivity contribution in [3.8, 4) is 11.4 Å². The standard InChI is InChI=1S/C26H27N3O2S/c1-26(2,3)18-9-11-19(12-10-18)27-24(30)17-32-25-28-22-7-5-6-8-23(22)29(25)20-13-15-21(31-4)16-14-20/h5-16H,17H2,1-4H3,(H,27,30). The molecule has 0 saturated carbocycles. The number of thioether (sulfide) groups is 1. The van der Waals surface area contributed by atoms with E-state index in [1.807, 2.05) is 60.7 Å². The zero-order valence-electron chi connectivity index (χ0n) is 18.8. The van der Waals surface area contributed by atoms with Gasteiger partial charge in [-0.1, -0.05) is 56.8 Å². The lowest BCUT2D eigenvalue weighted by Gasteiger charge is -2.19. The van der Waals surface area contributed by atoms with Crippen molar-refractivity contribution >= 4 is 34.4 Å². The SMILES string of the molecule is COc1ccc(-n2c(SCC(=O)Nc3ccc(C(C)(C)C)cc3)nc3ccccc32)cc1. The summed E-state index contributed by atoms with van der Waals surface area (Å²) in [5, 5.41) is 3.76. The average molecular weight is 446 g/mol. The Morgan fingerprint density at radius 1 is 1.00 bits per heavy atom. The Bertz CT molecular complexity index is 1220. The van der Waals surface area contributed by atoms with E-state index in [-0.39, 0.29) is 17.1 Å². The first-order valence-corrected chi connectivity index (χ1v) is 11.5. The van der Waals surface area contributed by atoms with Gasteiger partial charge in [0.05, 0.1) is 23.9 Å². The molecule has 4 aromatic rings. The second-order valence-corrected chi connectivity index (χ2v) is 9.52. The number of nitrogens with zero attached hydrogens (tertiary/aromatic N) is 2. The predicted octanol–water partition coefficient (Wildman–Crippen LogP) is 6.06. The molecule has 0 aliphatic rings. The van der Waals surface area contributed by atoms with Crippen LogP contribution in [0.25, 0.3) is 16.7 Å². The fraction of sp³-hybridized carbons (Fsp3) is 0.231. The van der Waals surface area contributed by atoms with Crippen LogP contribution in [0, 0.1) is 0 Å². The van der Waals surface area contributed by atoms with Crippen LogP contribution in [-0.2, 0) is 10.2 Å². The zero-order valence-corrected chi connectivity index (χ0v) is 19.6. The fourth-order valence-corrected chi connectivity index (χ4v) is 4.29. The minimum absolute atomic E-state index is 0.0631. The number of fused-ring (bicyclic) bond motifs is 1. The van der Waals surface area contributed by atoms with Crippen LogP contribution in [0.1, 0.15) is 26.3 Å². The van der Waals surface area contributed by atoms with Crippen LogP contribution in [0.4, 0.5) is 5.69 Å². The van der Waals surface area contributed by atoms with Gasteiger partial charge in [0.25, 0.3) is 0 Å². The van der Waals surface area contributed by atoms with Gasteiger partial charge in [0.2, 0.25) is 5.91 Å². The average Bonchev–Trinajstić information content (AvgIpc) is 3.16. The Morgan fingerprint density at radius 3 is 2.34 bits per heavy atom. The first kappa shape index (κ1) is 22.0. The van der Waals surface area contributed by atoms with Crippen LogP contribution < -0.4 is 10.1 Å². The minimum Gasteiger partial charge on any atom is -0.497 e. The summed E-state index contributed by atoms with van der Waals surface area (Å²) in [4.78, 5) is 17.4. The Morgan fingerprint density at radius 2 is 1.69 bits per heavy atom. The summed E-state index contributed by atoms with van der Waals surface area (Å²) in [5.74, 6) is 0.997. The number of para-hydroxylation sites is 2. The molecule has 0 spiro atoms. The molecule has 0 unspecified atom stereocenters. The monoisotopic (exact) mass is 445 g/mol. The van der Waals surface area contributed by atoms with Gasteiger partial charge in [0.1, 0.15) is 5.75 Å². The number of hydrogen-bond donors (Lipinski definition) is 1. The van der Waals surface area contributed by atoms with Crippen molar-refractivity contribution in [1.29, 1.82) is 0 Å². The van der Waals surface area contributed by atoms with Gasteiger partial charge in [-0.2, -0.15) is 0 Å². The fourth-order valence-electron chi connectivity index (χ4n) is 3.46. The van der Waals surface area contributed by atoms with Crippen molar-refractivity contribution < 1.29 is 9.53 Å². The van der Waals surface area contributed by atoms with Gasteiger partial charge in [-0.15, -0.1) is 0 Å². The topological polar surface area (TPSA) is 56.1 Å². The van der Waals surface area contributed by atoms with E-state index in [2.05, 4.69) is 42.8 Å². The third-order valence-electron chi connectivity index (χ3n) is 5.23. The van der Waals surface area contributed by atoms with E-state index in [4.69, 9.17) is 9.72 Å². The van der Waals surface area contributed by atoms with E-state index in [1.54, 1.807) is 7.11 Å². The van der Waals surface area contributed by atoms with Gasteiger partial charge in [0.15, 0.2) is 5.16 Å². The number of aromatic nitrogens is 2. The molecule has 0 fully saturated rings. The third kappa shape index (κ3) is 4.81. The largest absolute Gasteiger partial charge is 0.497 e. The van der Waals surface area contributed by atoms with E-state index in [1.165, 1.54) is 17.3 Å². The smallest absolute Gasteiger partial charge is 0.234 e. The Kier molecular flexibility index (Phi) is 6.24. The molecule has 1 amide bonds. The van der Waals surface area contributed by atoms with Crippen LogP contribution in [0.2, 0.25) is 0 Å². The maximum Gasteiger partial charge on any atom is 0.234 e. The molecule has 6 heteroatoms. The molecule has 4 rings (SSSR count). The van der Waals surface area contributed by atoms with Crippen LogP contribution in [0.5, 0.6) is 5.75 Å². The number of rotatable bonds is 6. The second-order valence-electron chi connectivity index (χ2n) is 8.58. The van der Waals surface area contributed by atoms with Gasteiger partial charge < -0.3 is 10.1 Å². The second kappa shape index (κ2) is 9.09. The van der Waals surface area contributed by atoms with Crippen molar-refractivity contribution in [2.75, 3.05) is 18.2 Å². The number of carbonyl (C=O) groups is 1. The molecule has 0 aliphatic heterocycles. The molecule has 1 aromatic heterocycles. The molecular formula is C26H27N3O2S. The molecule has 5 nitrogen and oxygen atoms in total. The molecule has 0 radical (unpaired) electrons. The lowest BCUT2D eigenvalue weighted by Crippen LogP contribution is -2.15. The summed E-state index contributed by atoms with van der Waals surface area (Å²) in [6.45, 7) is 6.52. The highest BCUT2D eigenvalue weighted by Crippen LogP contribution is 2.29. The highest BCUT2D eigenvalue weighted by atomic mass is 32.2. The van der Waals surface area contributed by atoms with Crippen LogP contribution in [-0.4, -0.2) is 28.3 Å². The maximum absolute atomic E-state index is 12.6. The molecule has 3 aromatic carbocycles. The van der Waals surface area contributed by atoms with E-state index in [0.29, 0.717) is 0 Å². The maximum atomic E-state index is 12.6. The summed E-state index contributed by atoms with van der Waals surface area (Å²) < 4.78 is 7.36. The lowest BCUT2D eigenvalue weighted by atomic mass is 9.87. The van der Waals surface area contributed by atoms with E-state index in [9.17, 15) is 4.79 Å². The van der Waals surface area contributed by atoms with Gasteiger partial charge in [-0.25, -0.2) is 4.98 Å². The molecule has 0 aliphatic carbocycles. The van der Waals surface area contributed by atoms with Crippen molar-refractivity contribution in [1.82, 2.24) is 9.55 Å². The summed E-state index contributed by atoms with van der Waals surface area (Å²) >= 11 is 1.42. The zero-order chi connectivity index (χ0) is 22.7. The normalized spacial score (nSPS) is 11.5. The van der Waals surface area contributed by atoms with E-state index in [0.717, 1.165) is 33.3 Å². The van der Waals surface area contributed by atoms with E-state index < -0.39 is 0 Å². The number of imidazole rings is 1. The first-order chi connectivity index (χ1) is 15.3. The molecule has 0 atom stereocenters. The molecule has 0 saturated heterocycles. The predicted molar refractivity (Wildman–Crippen MR) is 132 cm³/mol. The van der Waals surface area contributed by atoms with Crippen molar-refractivity contribution in [2.24, 2.45) is 0 Å². The quantitative estimate of drug-likeness (QED) is 0.366. The number of methoxy groups -OCH3 is 1. The highest BCUT2D eigenvalue weighted by molar-refractivity contribution is 7.99. The van der Waals surface area contributed by atoms with Crippen LogP contribution >= 0.6 is 11.8 Å². The number of ether oxygens (including phenoxy) is 1. The molecule has 164 valence electrons. The van der Waals surface area contributed by atoms with Crippen LogP contribution in [0.15, 0.2) is 78.0 Å². The minimum atomic E-state index is -0.0631. The van der Waals surface area contributed by atoms with Crippen LogP contribution in [0.3, 0.4) is 0 Å². The number of benzene rings is 3.